The van der Waals surface area contributed by atoms with Crippen LogP contribution >= 0.6 is 11.8 Å². The first-order valence-corrected chi connectivity index (χ1v) is 8.67. The quantitative estimate of drug-likeness (QED) is 0.872. The van der Waals surface area contributed by atoms with Crippen molar-refractivity contribution in [3.05, 3.63) is 12.4 Å². The molecule has 6 nitrogen and oxygen atoms in total. The molecule has 1 aromatic rings. The molecule has 3 heterocycles. The molecule has 0 aliphatic carbocycles. The second-order valence-corrected chi connectivity index (χ2v) is 6.57. The van der Waals surface area contributed by atoms with Crippen LogP contribution < -0.4 is 15.5 Å². The molecule has 2 fully saturated rings. The largest absolute Gasteiger partial charge is 0.358 e. The molecular formula is C14H21N5OS. The number of anilines is 2. The lowest BCUT2D eigenvalue weighted by Gasteiger charge is -2.27. The number of aromatic nitrogens is 2. The molecule has 0 bridgehead atoms. The molecule has 1 aromatic heterocycles. The monoisotopic (exact) mass is 307 g/mol. The van der Waals surface area contributed by atoms with Crippen LogP contribution in [0, 0.1) is 0 Å². The molecule has 2 N–H and O–H groups in total. The molecule has 0 radical (unpaired) electrons. The maximum absolute atomic E-state index is 12.0. The molecule has 114 valence electrons. The number of thioether (sulfide) groups is 1. The smallest absolute Gasteiger partial charge is 0.242 e. The highest BCUT2D eigenvalue weighted by atomic mass is 32.2. The van der Waals surface area contributed by atoms with E-state index in [4.69, 9.17) is 0 Å². The first kappa shape index (κ1) is 14.4. The van der Waals surface area contributed by atoms with Crippen molar-refractivity contribution in [3.8, 4) is 0 Å². The van der Waals surface area contributed by atoms with Crippen LogP contribution in [0.1, 0.15) is 19.3 Å². The van der Waals surface area contributed by atoms with Crippen molar-refractivity contribution in [1.29, 1.82) is 0 Å². The zero-order valence-electron chi connectivity index (χ0n) is 12.0. The van der Waals surface area contributed by atoms with Gasteiger partial charge in [0.25, 0.3) is 0 Å². The summed E-state index contributed by atoms with van der Waals surface area (Å²) in [6.45, 7) is 2.81. The number of carbonyl (C=O) groups is 1. The zero-order chi connectivity index (χ0) is 14.5. The van der Waals surface area contributed by atoms with Crippen LogP contribution in [-0.2, 0) is 4.79 Å². The van der Waals surface area contributed by atoms with Gasteiger partial charge in [0.2, 0.25) is 5.91 Å². The summed E-state index contributed by atoms with van der Waals surface area (Å²) in [6, 6.07) is 1.76. The Morgan fingerprint density at radius 1 is 1.29 bits per heavy atom. The molecule has 0 saturated carbocycles. The van der Waals surface area contributed by atoms with E-state index in [1.54, 1.807) is 6.33 Å². The van der Waals surface area contributed by atoms with Gasteiger partial charge in [-0.05, 0) is 19.3 Å². The van der Waals surface area contributed by atoms with Gasteiger partial charge in [0.15, 0.2) is 0 Å². The summed E-state index contributed by atoms with van der Waals surface area (Å²) in [6.07, 6.45) is 4.53. The molecule has 2 aliphatic heterocycles. The Balaban J connectivity index is 1.68. The van der Waals surface area contributed by atoms with E-state index in [0.717, 1.165) is 62.0 Å². The van der Waals surface area contributed by atoms with E-state index < -0.39 is 0 Å². The Bertz CT molecular complexity index is 492. The minimum atomic E-state index is -0.188. The number of rotatable bonds is 3. The fraction of sp³-hybridized carbons (Fsp3) is 0.643. The van der Waals surface area contributed by atoms with Crippen molar-refractivity contribution in [2.45, 2.75) is 25.3 Å². The minimum Gasteiger partial charge on any atom is -0.358 e. The number of hydrogen-bond acceptors (Lipinski definition) is 6. The number of carbonyl (C=O) groups excluding carboxylic acids is 1. The van der Waals surface area contributed by atoms with Gasteiger partial charge in [-0.25, -0.2) is 9.97 Å². The van der Waals surface area contributed by atoms with Gasteiger partial charge in [-0.3, -0.25) is 4.79 Å². The van der Waals surface area contributed by atoms with Crippen LogP contribution in [0.4, 0.5) is 11.6 Å². The van der Waals surface area contributed by atoms with Crippen molar-refractivity contribution in [1.82, 2.24) is 15.3 Å². The Morgan fingerprint density at radius 2 is 2.14 bits per heavy atom. The standard InChI is InChI=1S/C14H21N5OS/c20-14-11(3-1-2-4-15-14)18-12-9-13(17-10-16-12)19-5-7-21-8-6-19/h9-11H,1-8H2,(H,15,20)(H,16,17,18)/t11-/m0/s1. The zero-order valence-corrected chi connectivity index (χ0v) is 12.9. The third-order valence-electron chi connectivity index (χ3n) is 3.85. The molecule has 3 rings (SSSR count). The highest BCUT2D eigenvalue weighted by Gasteiger charge is 2.21. The van der Waals surface area contributed by atoms with Gasteiger partial charge < -0.3 is 15.5 Å². The fourth-order valence-electron chi connectivity index (χ4n) is 2.65. The van der Waals surface area contributed by atoms with Gasteiger partial charge in [-0.2, -0.15) is 11.8 Å². The molecule has 2 saturated heterocycles. The first-order chi connectivity index (χ1) is 10.3. The maximum Gasteiger partial charge on any atom is 0.242 e. The summed E-state index contributed by atoms with van der Waals surface area (Å²) in [5.41, 5.74) is 0. The third-order valence-corrected chi connectivity index (χ3v) is 4.79. The van der Waals surface area contributed by atoms with E-state index in [2.05, 4.69) is 25.5 Å². The second kappa shape index (κ2) is 6.98. The van der Waals surface area contributed by atoms with Crippen molar-refractivity contribution < 1.29 is 4.79 Å². The lowest BCUT2D eigenvalue weighted by Crippen LogP contribution is -2.38. The SMILES string of the molecule is O=C1NCCCC[C@@H]1Nc1cc(N2CCSCC2)ncn1. The Morgan fingerprint density at radius 3 is 3.00 bits per heavy atom. The maximum atomic E-state index is 12.0. The highest BCUT2D eigenvalue weighted by Crippen LogP contribution is 2.20. The molecule has 2 aliphatic rings. The molecule has 1 amide bonds. The van der Waals surface area contributed by atoms with Crippen LogP contribution in [0.25, 0.3) is 0 Å². The summed E-state index contributed by atoms with van der Waals surface area (Å²) in [7, 11) is 0. The molecule has 1 atom stereocenters. The first-order valence-electron chi connectivity index (χ1n) is 7.52. The van der Waals surface area contributed by atoms with E-state index >= 15 is 0 Å². The highest BCUT2D eigenvalue weighted by molar-refractivity contribution is 7.99. The van der Waals surface area contributed by atoms with Crippen LogP contribution in [0.5, 0.6) is 0 Å². The Hall–Kier alpha value is -1.50. The average molecular weight is 307 g/mol. The predicted molar refractivity (Wildman–Crippen MR) is 85.8 cm³/mol. The van der Waals surface area contributed by atoms with E-state index in [0.29, 0.717) is 0 Å². The van der Waals surface area contributed by atoms with Crippen LogP contribution in [-0.4, -0.2) is 53.1 Å². The fourth-order valence-corrected chi connectivity index (χ4v) is 3.55. The van der Waals surface area contributed by atoms with Crippen molar-refractivity contribution in [2.75, 3.05) is 41.4 Å². The normalized spacial score (nSPS) is 23.3. The minimum absolute atomic E-state index is 0.0713. The van der Waals surface area contributed by atoms with Gasteiger partial charge in [-0.15, -0.1) is 0 Å². The Labute approximate surface area is 129 Å². The lowest BCUT2D eigenvalue weighted by molar-refractivity contribution is -0.121. The third kappa shape index (κ3) is 3.78. The number of nitrogens with one attached hydrogen (secondary N) is 2. The predicted octanol–water partition coefficient (Wildman–Crippen LogP) is 1.11. The Kier molecular flexibility index (Phi) is 4.80. The van der Waals surface area contributed by atoms with Gasteiger partial charge in [0, 0.05) is 37.2 Å². The summed E-state index contributed by atoms with van der Waals surface area (Å²) >= 11 is 1.97. The van der Waals surface area contributed by atoms with E-state index in [9.17, 15) is 4.79 Å². The molecule has 0 spiro atoms. The van der Waals surface area contributed by atoms with Crippen LogP contribution in [0.3, 0.4) is 0 Å². The van der Waals surface area contributed by atoms with Crippen molar-refractivity contribution in [2.24, 2.45) is 0 Å². The molecule has 0 unspecified atom stereocenters. The van der Waals surface area contributed by atoms with E-state index in [1.165, 1.54) is 0 Å². The number of amides is 1. The van der Waals surface area contributed by atoms with E-state index in [-0.39, 0.29) is 11.9 Å². The number of nitrogens with zero attached hydrogens (tertiary/aromatic N) is 3. The molecule has 0 aromatic carbocycles. The second-order valence-electron chi connectivity index (χ2n) is 5.34. The van der Waals surface area contributed by atoms with Gasteiger partial charge in [0.05, 0.1) is 0 Å². The van der Waals surface area contributed by atoms with Gasteiger partial charge >= 0.3 is 0 Å². The summed E-state index contributed by atoms with van der Waals surface area (Å²) in [5, 5.41) is 6.19. The van der Waals surface area contributed by atoms with E-state index in [1.807, 2.05) is 17.8 Å². The summed E-state index contributed by atoms with van der Waals surface area (Å²) < 4.78 is 0. The summed E-state index contributed by atoms with van der Waals surface area (Å²) in [5.74, 6) is 4.03. The van der Waals surface area contributed by atoms with Crippen molar-refractivity contribution >= 4 is 29.3 Å². The topological polar surface area (TPSA) is 70.2 Å². The average Bonchev–Trinajstić information content (AvgIpc) is 2.74. The van der Waals surface area contributed by atoms with Gasteiger partial charge in [-0.1, -0.05) is 0 Å². The van der Waals surface area contributed by atoms with Crippen LogP contribution in [0.15, 0.2) is 12.4 Å². The summed E-state index contributed by atoms with van der Waals surface area (Å²) in [4.78, 5) is 22.9. The van der Waals surface area contributed by atoms with Gasteiger partial charge in [0.1, 0.15) is 24.0 Å². The van der Waals surface area contributed by atoms with Crippen LogP contribution in [0.2, 0.25) is 0 Å². The van der Waals surface area contributed by atoms with Crippen molar-refractivity contribution in [3.63, 3.8) is 0 Å². The lowest BCUT2D eigenvalue weighted by atomic mass is 10.1. The molecular weight excluding hydrogens is 286 g/mol. The number of hydrogen-bond donors (Lipinski definition) is 2. The molecule has 21 heavy (non-hydrogen) atoms. The molecule has 7 heteroatoms.